The van der Waals surface area contributed by atoms with Crippen LogP contribution in [-0.4, -0.2) is 9.55 Å². The summed E-state index contributed by atoms with van der Waals surface area (Å²) in [6, 6.07) is 48.7. The molecule has 0 spiro atoms. The van der Waals surface area contributed by atoms with E-state index >= 15 is 0 Å². The van der Waals surface area contributed by atoms with Crippen molar-refractivity contribution in [1.29, 1.82) is 0 Å². The van der Waals surface area contributed by atoms with E-state index in [9.17, 15) is 0 Å². The van der Waals surface area contributed by atoms with Gasteiger partial charge < -0.3 is 0 Å². The molecule has 0 aliphatic rings. The van der Waals surface area contributed by atoms with Crippen LogP contribution in [0.4, 0.5) is 0 Å². The first-order chi connectivity index (χ1) is 17.4. The average molecular weight is 449 g/mol. The van der Waals surface area contributed by atoms with E-state index in [0.717, 1.165) is 28.2 Å². The van der Waals surface area contributed by atoms with Gasteiger partial charge in [0.2, 0.25) is 0 Å². The van der Waals surface area contributed by atoms with Crippen molar-refractivity contribution in [3.8, 4) is 50.5 Å². The van der Waals surface area contributed by atoms with Crippen LogP contribution in [0.5, 0.6) is 0 Å². The molecule has 0 bridgehead atoms. The van der Waals surface area contributed by atoms with Crippen molar-refractivity contribution in [2.75, 3.05) is 0 Å². The van der Waals surface area contributed by atoms with Crippen LogP contribution < -0.4 is 0 Å². The molecule has 0 saturated carbocycles. The topological polar surface area (TPSA) is 17.8 Å². The Morgan fingerprint density at radius 2 is 0.829 bits per heavy atom. The Kier molecular flexibility index (Phi) is 5.54. The maximum absolute atomic E-state index is 5.02. The fourth-order valence-electron chi connectivity index (χ4n) is 4.71. The maximum Gasteiger partial charge on any atom is 0.100 e. The van der Waals surface area contributed by atoms with Crippen molar-refractivity contribution in [3.63, 3.8) is 0 Å². The van der Waals surface area contributed by atoms with Crippen molar-refractivity contribution in [1.82, 2.24) is 9.55 Å². The van der Waals surface area contributed by atoms with E-state index < -0.39 is 0 Å². The van der Waals surface area contributed by atoms with Gasteiger partial charge in [0.15, 0.2) is 0 Å². The molecular formula is C33H24N2. The van der Waals surface area contributed by atoms with E-state index in [-0.39, 0.29) is 0 Å². The normalized spacial score (nSPS) is 10.9. The number of rotatable bonds is 5. The molecule has 1 aromatic heterocycles. The number of para-hydroxylation sites is 1. The van der Waals surface area contributed by atoms with Gasteiger partial charge >= 0.3 is 0 Å². The van der Waals surface area contributed by atoms with E-state index in [1.165, 1.54) is 22.3 Å². The summed E-state index contributed by atoms with van der Waals surface area (Å²) in [6.45, 7) is 0. The van der Waals surface area contributed by atoms with Crippen molar-refractivity contribution in [3.05, 3.63) is 146 Å². The van der Waals surface area contributed by atoms with E-state index in [1.807, 2.05) is 12.4 Å². The van der Waals surface area contributed by atoms with Crippen molar-refractivity contribution >= 4 is 0 Å². The first-order valence-corrected chi connectivity index (χ1v) is 11.8. The molecule has 0 radical (unpaired) electrons. The fourth-order valence-corrected chi connectivity index (χ4v) is 4.71. The molecule has 0 aliphatic carbocycles. The predicted octanol–water partition coefficient (Wildman–Crippen LogP) is 8.54. The number of aromatic nitrogens is 2. The summed E-state index contributed by atoms with van der Waals surface area (Å²) in [4.78, 5) is 5.02. The third-order valence-corrected chi connectivity index (χ3v) is 6.34. The second-order valence-corrected chi connectivity index (χ2v) is 8.47. The lowest BCUT2D eigenvalue weighted by Gasteiger charge is -2.16. The third-order valence-electron chi connectivity index (χ3n) is 6.34. The highest BCUT2D eigenvalue weighted by Crippen LogP contribution is 2.41. The average Bonchev–Trinajstić information content (AvgIpc) is 3.39. The van der Waals surface area contributed by atoms with Crippen LogP contribution in [0, 0.1) is 0 Å². The first kappa shape index (κ1) is 20.9. The van der Waals surface area contributed by atoms with Crippen LogP contribution in [0.25, 0.3) is 50.5 Å². The number of imidazole rings is 1. The first-order valence-electron chi connectivity index (χ1n) is 11.8. The summed E-state index contributed by atoms with van der Waals surface area (Å²) >= 11 is 0. The zero-order chi connectivity index (χ0) is 23.5. The van der Waals surface area contributed by atoms with Gasteiger partial charge in [0.25, 0.3) is 0 Å². The highest BCUT2D eigenvalue weighted by atomic mass is 15.1. The minimum Gasteiger partial charge on any atom is -0.298 e. The lowest BCUT2D eigenvalue weighted by atomic mass is 9.92. The predicted molar refractivity (Wildman–Crippen MR) is 145 cm³/mol. The van der Waals surface area contributed by atoms with Gasteiger partial charge in [-0.25, -0.2) is 4.98 Å². The molecule has 0 saturated heterocycles. The summed E-state index contributed by atoms with van der Waals surface area (Å²) in [5.74, 6) is 0. The molecule has 166 valence electrons. The smallest absolute Gasteiger partial charge is 0.100 e. The molecule has 35 heavy (non-hydrogen) atoms. The Morgan fingerprint density at radius 3 is 1.40 bits per heavy atom. The quantitative estimate of drug-likeness (QED) is 0.258. The minimum atomic E-state index is 0.969. The zero-order valence-corrected chi connectivity index (χ0v) is 19.3. The Morgan fingerprint density at radius 1 is 0.400 bits per heavy atom. The van der Waals surface area contributed by atoms with Crippen LogP contribution >= 0.6 is 0 Å². The van der Waals surface area contributed by atoms with Crippen molar-refractivity contribution in [2.24, 2.45) is 0 Å². The molecule has 6 rings (SSSR count). The van der Waals surface area contributed by atoms with E-state index in [1.54, 1.807) is 0 Å². The van der Waals surface area contributed by atoms with Crippen molar-refractivity contribution in [2.45, 2.75) is 0 Å². The standard InChI is InChI=1S/C33H24N2/c1-4-14-25(15-5-1)28-20-10-12-22-30(28)32-33(35(24-34-32)27-18-8-3-9-19-27)31-23-13-11-21-29(31)26-16-6-2-7-17-26/h1-24H. The number of hydrogen-bond donors (Lipinski definition) is 0. The Hall–Kier alpha value is -4.69. The Bertz CT molecular complexity index is 1570. The molecule has 0 unspecified atom stereocenters. The lowest BCUT2D eigenvalue weighted by Crippen LogP contribution is -1.98. The van der Waals surface area contributed by atoms with Gasteiger partial charge in [-0.2, -0.15) is 0 Å². The van der Waals surface area contributed by atoms with Crippen molar-refractivity contribution < 1.29 is 0 Å². The van der Waals surface area contributed by atoms with Crippen LogP contribution in [0.3, 0.4) is 0 Å². The molecule has 1 heterocycles. The van der Waals surface area contributed by atoms with Gasteiger partial charge in [0.05, 0.1) is 11.4 Å². The van der Waals surface area contributed by atoms with Crippen LogP contribution in [0.1, 0.15) is 0 Å². The molecule has 0 fully saturated rings. The third kappa shape index (κ3) is 3.96. The lowest BCUT2D eigenvalue weighted by molar-refractivity contribution is 1.06. The molecule has 2 nitrogen and oxygen atoms in total. The Balaban J connectivity index is 1.65. The van der Waals surface area contributed by atoms with Crippen LogP contribution in [0.2, 0.25) is 0 Å². The minimum absolute atomic E-state index is 0.969. The van der Waals surface area contributed by atoms with Gasteiger partial charge in [0, 0.05) is 16.8 Å². The molecule has 0 amide bonds. The molecule has 0 atom stereocenters. The van der Waals surface area contributed by atoms with Crippen LogP contribution in [0.15, 0.2) is 146 Å². The number of hydrogen-bond acceptors (Lipinski definition) is 1. The van der Waals surface area contributed by atoms with Gasteiger partial charge in [-0.05, 0) is 34.4 Å². The monoisotopic (exact) mass is 448 g/mol. The maximum atomic E-state index is 5.02. The molecule has 0 N–H and O–H groups in total. The SMILES string of the molecule is c1ccc(-c2ccccc2-c2ncn(-c3ccccc3)c2-c2ccccc2-c2ccccc2)cc1. The van der Waals surface area contributed by atoms with Crippen LogP contribution in [-0.2, 0) is 0 Å². The fraction of sp³-hybridized carbons (Fsp3) is 0. The van der Waals surface area contributed by atoms with Gasteiger partial charge in [-0.3, -0.25) is 4.57 Å². The van der Waals surface area contributed by atoms with E-state index in [2.05, 4.69) is 138 Å². The number of benzene rings is 5. The molecular weight excluding hydrogens is 424 g/mol. The second-order valence-electron chi connectivity index (χ2n) is 8.47. The molecule has 2 heteroatoms. The highest BCUT2D eigenvalue weighted by Gasteiger charge is 2.21. The van der Waals surface area contributed by atoms with Gasteiger partial charge in [-0.15, -0.1) is 0 Å². The van der Waals surface area contributed by atoms with E-state index in [4.69, 9.17) is 4.98 Å². The van der Waals surface area contributed by atoms with Gasteiger partial charge in [-0.1, -0.05) is 127 Å². The largest absolute Gasteiger partial charge is 0.298 e. The van der Waals surface area contributed by atoms with Gasteiger partial charge in [0.1, 0.15) is 6.33 Å². The zero-order valence-electron chi connectivity index (χ0n) is 19.3. The highest BCUT2D eigenvalue weighted by molar-refractivity contribution is 5.93. The summed E-state index contributed by atoms with van der Waals surface area (Å²) in [6.07, 6.45) is 1.95. The molecule has 6 aromatic rings. The molecule has 0 aliphatic heterocycles. The summed E-state index contributed by atoms with van der Waals surface area (Å²) in [7, 11) is 0. The van der Waals surface area contributed by atoms with E-state index in [0.29, 0.717) is 0 Å². The summed E-state index contributed by atoms with van der Waals surface area (Å²) < 4.78 is 2.21. The Labute approximate surface area is 205 Å². The number of nitrogens with zero attached hydrogens (tertiary/aromatic N) is 2. The molecule has 5 aromatic carbocycles. The summed E-state index contributed by atoms with van der Waals surface area (Å²) in [5.41, 5.74) is 10.1. The second kappa shape index (κ2) is 9.28. The summed E-state index contributed by atoms with van der Waals surface area (Å²) in [5, 5.41) is 0.